The van der Waals surface area contributed by atoms with E-state index in [-0.39, 0.29) is 11.9 Å². The Morgan fingerprint density at radius 3 is 2.35 bits per heavy atom. The average Bonchev–Trinajstić information content (AvgIpc) is 2.93. The lowest BCUT2D eigenvalue weighted by Gasteiger charge is -2.32. The SMILES string of the molecule is CCOC(=O)C(C(C)C)n1cc(B2OC(C)(C)C(C)(C)O2)cn1. The summed E-state index contributed by atoms with van der Waals surface area (Å²) in [4.78, 5) is 12.2. The van der Waals surface area contributed by atoms with Crippen molar-refractivity contribution in [2.75, 3.05) is 6.61 Å². The summed E-state index contributed by atoms with van der Waals surface area (Å²) in [7, 11) is -0.483. The minimum absolute atomic E-state index is 0.0695. The zero-order valence-corrected chi connectivity index (χ0v) is 15.1. The molecule has 2 heterocycles. The molecule has 1 aliphatic rings. The summed E-state index contributed by atoms with van der Waals surface area (Å²) in [5.74, 6) is -0.203. The van der Waals surface area contributed by atoms with Crippen LogP contribution < -0.4 is 5.46 Å². The van der Waals surface area contributed by atoms with Gasteiger partial charge in [-0.15, -0.1) is 0 Å². The van der Waals surface area contributed by atoms with E-state index in [0.717, 1.165) is 5.46 Å². The normalized spacial score (nSPS) is 20.8. The van der Waals surface area contributed by atoms with Crippen molar-refractivity contribution in [3.63, 3.8) is 0 Å². The van der Waals surface area contributed by atoms with Gasteiger partial charge in [0.05, 0.1) is 17.8 Å². The number of carbonyl (C=O) groups excluding carboxylic acids is 1. The fourth-order valence-electron chi connectivity index (χ4n) is 2.52. The second-order valence-corrected chi connectivity index (χ2v) is 7.28. The lowest BCUT2D eigenvalue weighted by Crippen LogP contribution is -2.41. The van der Waals surface area contributed by atoms with Crippen molar-refractivity contribution < 1.29 is 18.8 Å². The monoisotopic (exact) mass is 322 g/mol. The van der Waals surface area contributed by atoms with Gasteiger partial charge in [-0.3, -0.25) is 4.68 Å². The van der Waals surface area contributed by atoms with Crippen molar-refractivity contribution >= 4 is 18.6 Å². The topological polar surface area (TPSA) is 62.6 Å². The number of ether oxygens (including phenoxy) is 1. The van der Waals surface area contributed by atoms with Crippen LogP contribution in [-0.2, 0) is 18.8 Å². The Balaban J connectivity index is 2.22. The summed E-state index contributed by atoms with van der Waals surface area (Å²) in [5.41, 5.74) is -0.00456. The highest BCUT2D eigenvalue weighted by molar-refractivity contribution is 6.62. The van der Waals surface area contributed by atoms with Crippen LogP contribution in [0, 0.1) is 5.92 Å². The van der Waals surface area contributed by atoms with Crippen molar-refractivity contribution in [2.24, 2.45) is 5.92 Å². The van der Waals surface area contributed by atoms with E-state index < -0.39 is 24.4 Å². The first-order valence-corrected chi connectivity index (χ1v) is 8.15. The van der Waals surface area contributed by atoms with Crippen LogP contribution >= 0.6 is 0 Å². The summed E-state index contributed by atoms with van der Waals surface area (Å²) in [6.45, 7) is 14.1. The molecule has 1 aromatic heterocycles. The summed E-state index contributed by atoms with van der Waals surface area (Å²) < 4.78 is 18.8. The molecule has 0 bridgehead atoms. The summed E-state index contributed by atoms with van der Waals surface area (Å²) in [6, 6.07) is -0.453. The standard InChI is InChI=1S/C16H27BN2O4/c1-8-21-14(20)13(11(2)3)19-10-12(9-18-19)17-22-15(4,5)16(6,7)23-17/h9-11,13H,8H2,1-7H3. The molecule has 128 valence electrons. The van der Waals surface area contributed by atoms with Crippen LogP contribution in [0.3, 0.4) is 0 Å². The number of aromatic nitrogens is 2. The van der Waals surface area contributed by atoms with Gasteiger partial charge in [0.2, 0.25) is 0 Å². The molecule has 0 aromatic carbocycles. The minimum atomic E-state index is -0.483. The Kier molecular flexibility index (Phi) is 4.92. The molecule has 6 nitrogen and oxygen atoms in total. The van der Waals surface area contributed by atoms with Gasteiger partial charge in [-0.25, -0.2) is 4.79 Å². The lowest BCUT2D eigenvalue weighted by atomic mass is 9.82. The van der Waals surface area contributed by atoms with Gasteiger partial charge in [-0.05, 0) is 40.5 Å². The van der Waals surface area contributed by atoms with E-state index in [1.165, 1.54) is 0 Å². The zero-order chi connectivity index (χ0) is 17.4. The third-order valence-corrected chi connectivity index (χ3v) is 4.59. The summed E-state index contributed by atoms with van der Waals surface area (Å²) in [5, 5.41) is 4.34. The van der Waals surface area contributed by atoms with Crippen LogP contribution in [0.15, 0.2) is 12.4 Å². The third kappa shape index (κ3) is 3.45. The minimum Gasteiger partial charge on any atom is -0.464 e. The molecule has 0 N–H and O–H groups in total. The number of nitrogens with zero attached hydrogens (tertiary/aromatic N) is 2. The molecule has 1 aliphatic heterocycles. The molecule has 1 unspecified atom stereocenters. The maximum Gasteiger partial charge on any atom is 0.498 e. The molecule has 0 radical (unpaired) electrons. The number of esters is 1. The molecule has 7 heteroatoms. The van der Waals surface area contributed by atoms with E-state index in [4.69, 9.17) is 14.0 Å². The Morgan fingerprint density at radius 2 is 1.87 bits per heavy atom. The fourth-order valence-corrected chi connectivity index (χ4v) is 2.52. The molecular weight excluding hydrogens is 295 g/mol. The van der Waals surface area contributed by atoms with Crippen LogP contribution in [0.4, 0.5) is 0 Å². The molecule has 0 spiro atoms. The number of rotatable bonds is 5. The van der Waals surface area contributed by atoms with Crippen LogP contribution in [-0.4, -0.2) is 40.7 Å². The quantitative estimate of drug-likeness (QED) is 0.612. The van der Waals surface area contributed by atoms with Crippen molar-refractivity contribution in [3.05, 3.63) is 12.4 Å². The van der Waals surface area contributed by atoms with Crippen LogP contribution in [0.25, 0.3) is 0 Å². The van der Waals surface area contributed by atoms with E-state index >= 15 is 0 Å². The molecule has 0 aliphatic carbocycles. The van der Waals surface area contributed by atoms with Crippen molar-refractivity contribution in [1.29, 1.82) is 0 Å². The Hall–Kier alpha value is -1.34. The van der Waals surface area contributed by atoms with Gasteiger partial charge in [-0.1, -0.05) is 13.8 Å². The molecule has 0 amide bonds. The van der Waals surface area contributed by atoms with Gasteiger partial charge in [0, 0.05) is 17.9 Å². The maximum atomic E-state index is 12.2. The van der Waals surface area contributed by atoms with Gasteiger partial charge in [0.25, 0.3) is 0 Å². The molecule has 23 heavy (non-hydrogen) atoms. The number of hydrogen-bond acceptors (Lipinski definition) is 5. The zero-order valence-electron chi connectivity index (χ0n) is 15.1. The molecule has 1 aromatic rings. The van der Waals surface area contributed by atoms with Gasteiger partial charge in [0.1, 0.15) is 0 Å². The first-order valence-electron chi connectivity index (χ1n) is 8.15. The smallest absolute Gasteiger partial charge is 0.464 e. The van der Waals surface area contributed by atoms with Gasteiger partial charge < -0.3 is 14.0 Å². The first kappa shape index (κ1) is 18.0. The Bertz CT molecular complexity index is 552. The maximum absolute atomic E-state index is 12.2. The Labute approximate surface area is 138 Å². The second kappa shape index (κ2) is 6.28. The van der Waals surface area contributed by atoms with Crippen molar-refractivity contribution in [2.45, 2.75) is 65.7 Å². The van der Waals surface area contributed by atoms with E-state index in [2.05, 4.69) is 5.10 Å². The summed E-state index contributed by atoms with van der Waals surface area (Å²) in [6.07, 6.45) is 3.50. The highest BCUT2D eigenvalue weighted by Gasteiger charge is 2.52. The molecular formula is C16H27BN2O4. The van der Waals surface area contributed by atoms with Crippen molar-refractivity contribution in [1.82, 2.24) is 9.78 Å². The highest BCUT2D eigenvalue weighted by atomic mass is 16.7. The number of carbonyl (C=O) groups is 1. The Morgan fingerprint density at radius 1 is 1.30 bits per heavy atom. The molecule has 1 atom stereocenters. The van der Waals surface area contributed by atoms with Crippen molar-refractivity contribution in [3.8, 4) is 0 Å². The van der Waals surface area contributed by atoms with E-state index in [1.54, 1.807) is 17.8 Å². The largest absolute Gasteiger partial charge is 0.498 e. The molecule has 0 saturated carbocycles. The predicted octanol–water partition coefficient (Wildman–Crippen LogP) is 1.94. The lowest BCUT2D eigenvalue weighted by molar-refractivity contribution is -0.149. The van der Waals surface area contributed by atoms with E-state index in [9.17, 15) is 4.79 Å². The van der Waals surface area contributed by atoms with Gasteiger partial charge >= 0.3 is 13.1 Å². The van der Waals surface area contributed by atoms with Crippen LogP contribution in [0.1, 0.15) is 54.5 Å². The average molecular weight is 322 g/mol. The van der Waals surface area contributed by atoms with E-state index in [0.29, 0.717) is 6.61 Å². The second-order valence-electron chi connectivity index (χ2n) is 7.28. The summed E-state index contributed by atoms with van der Waals surface area (Å²) >= 11 is 0. The molecule has 2 rings (SSSR count). The molecule has 1 saturated heterocycles. The van der Waals surface area contributed by atoms with E-state index in [1.807, 2.05) is 47.7 Å². The fraction of sp³-hybridized carbons (Fsp3) is 0.750. The third-order valence-electron chi connectivity index (χ3n) is 4.59. The van der Waals surface area contributed by atoms with Gasteiger partial charge in [-0.2, -0.15) is 5.10 Å². The van der Waals surface area contributed by atoms with Crippen LogP contribution in [0.2, 0.25) is 0 Å². The first-order chi connectivity index (χ1) is 10.6. The number of hydrogen-bond donors (Lipinski definition) is 0. The molecule has 1 fully saturated rings. The predicted molar refractivity (Wildman–Crippen MR) is 88.5 cm³/mol. The van der Waals surface area contributed by atoms with Gasteiger partial charge in [0.15, 0.2) is 6.04 Å². The van der Waals surface area contributed by atoms with Crippen LogP contribution in [0.5, 0.6) is 0 Å². The highest BCUT2D eigenvalue weighted by Crippen LogP contribution is 2.36.